The van der Waals surface area contributed by atoms with E-state index in [0.29, 0.717) is 13.0 Å². The molecule has 0 aliphatic carbocycles. The van der Waals surface area contributed by atoms with Crippen LogP contribution in [-0.4, -0.2) is 19.0 Å². The fourth-order valence-corrected chi connectivity index (χ4v) is 1.57. The highest BCUT2D eigenvalue weighted by Gasteiger charge is 2.40. The molecule has 1 atom stereocenters. The molecule has 0 radical (unpaired) electrons. The second-order valence-corrected chi connectivity index (χ2v) is 3.17. The SMILES string of the molecule is C=CC[C@]1(CN=[N+]=[N-])CCNC1=O. The third-order valence-corrected chi connectivity index (χ3v) is 2.34. The molecule has 0 saturated carbocycles. The van der Waals surface area contributed by atoms with E-state index in [0.717, 1.165) is 6.42 Å². The van der Waals surface area contributed by atoms with Crippen LogP contribution in [0, 0.1) is 5.41 Å². The number of amides is 1. The first-order valence-corrected chi connectivity index (χ1v) is 4.15. The summed E-state index contributed by atoms with van der Waals surface area (Å²) in [6, 6.07) is 0. The van der Waals surface area contributed by atoms with Crippen molar-refractivity contribution < 1.29 is 4.79 Å². The highest BCUT2D eigenvalue weighted by molar-refractivity contribution is 5.85. The molecular formula is C8H12N4O. The van der Waals surface area contributed by atoms with E-state index in [4.69, 9.17) is 5.53 Å². The van der Waals surface area contributed by atoms with Gasteiger partial charge in [0.2, 0.25) is 5.91 Å². The van der Waals surface area contributed by atoms with Gasteiger partial charge in [-0.05, 0) is 18.4 Å². The Bertz CT molecular complexity index is 269. The van der Waals surface area contributed by atoms with E-state index >= 15 is 0 Å². The summed E-state index contributed by atoms with van der Waals surface area (Å²) in [6.45, 7) is 4.48. The van der Waals surface area contributed by atoms with Crippen molar-refractivity contribution in [3.05, 3.63) is 23.1 Å². The minimum Gasteiger partial charge on any atom is -0.356 e. The molecule has 1 aliphatic rings. The Hall–Kier alpha value is -1.48. The fraction of sp³-hybridized carbons (Fsp3) is 0.625. The van der Waals surface area contributed by atoms with Crippen LogP contribution in [0.3, 0.4) is 0 Å². The van der Waals surface area contributed by atoms with Crippen molar-refractivity contribution >= 4 is 5.91 Å². The molecule has 1 amide bonds. The molecule has 1 fully saturated rings. The lowest BCUT2D eigenvalue weighted by Crippen LogP contribution is -2.33. The van der Waals surface area contributed by atoms with Gasteiger partial charge in [0, 0.05) is 18.0 Å². The molecule has 70 valence electrons. The maximum absolute atomic E-state index is 11.4. The Kier molecular flexibility index (Phi) is 2.93. The predicted octanol–water partition coefficient (Wildman–Crippen LogP) is 1.38. The van der Waals surface area contributed by atoms with E-state index in [2.05, 4.69) is 21.9 Å². The number of carbonyl (C=O) groups excluding carboxylic acids is 1. The Balaban J connectivity index is 2.78. The first-order valence-electron chi connectivity index (χ1n) is 4.15. The van der Waals surface area contributed by atoms with Crippen LogP contribution in [0.25, 0.3) is 10.4 Å². The van der Waals surface area contributed by atoms with Crippen LogP contribution in [0.5, 0.6) is 0 Å². The molecule has 1 rings (SSSR count). The average molecular weight is 180 g/mol. The van der Waals surface area contributed by atoms with Crippen molar-refractivity contribution in [1.29, 1.82) is 0 Å². The number of nitrogens with zero attached hydrogens (tertiary/aromatic N) is 3. The summed E-state index contributed by atoms with van der Waals surface area (Å²) in [4.78, 5) is 14.1. The summed E-state index contributed by atoms with van der Waals surface area (Å²) in [5.74, 6) is -0.0280. The van der Waals surface area contributed by atoms with E-state index in [-0.39, 0.29) is 12.5 Å². The van der Waals surface area contributed by atoms with Crippen molar-refractivity contribution in [3.63, 3.8) is 0 Å². The van der Waals surface area contributed by atoms with Crippen molar-refractivity contribution in [1.82, 2.24) is 5.32 Å². The van der Waals surface area contributed by atoms with Gasteiger partial charge in [-0.3, -0.25) is 4.79 Å². The zero-order valence-electron chi connectivity index (χ0n) is 7.36. The standard InChI is InChI=1S/C8H12N4O/c1-2-3-8(6-11-12-9)4-5-10-7(8)13/h2H,1,3-6H2,(H,10,13)/t8-/m1/s1. The molecule has 1 heterocycles. The van der Waals surface area contributed by atoms with Gasteiger partial charge in [0.15, 0.2) is 0 Å². The largest absolute Gasteiger partial charge is 0.356 e. The van der Waals surface area contributed by atoms with Gasteiger partial charge in [-0.15, -0.1) is 6.58 Å². The van der Waals surface area contributed by atoms with Gasteiger partial charge in [0.25, 0.3) is 0 Å². The Labute approximate surface area is 76.4 Å². The molecule has 0 aromatic carbocycles. The lowest BCUT2D eigenvalue weighted by Gasteiger charge is -2.21. The normalized spacial score (nSPS) is 26.3. The Morgan fingerprint density at radius 1 is 1.85 bits per heavy atom. The van der Waals surface area contributed by atoms with Crippen molar-refractivity contribution in [2.24, 2.45) is 10.5 Å². The van der Waals surface area contributed by atoms with Gasteiger partial charge in [-0.2, -0.15) is 0 Å². The van der Waals surface area contributed by atoms with Crippen molar-refractivity contribution in [3.8, 4) is 0 Å². The minimum atomic E-state index is -0.534. The topological polar surface area (TPSA) is 77.9 Å². The molecule has 1 N–H and O–H groups in total. The number of allylic oxidation sites excluding steroid dienone is 1. The predicted molar refractivity (Wildman–Crippen MR) is 48.9 cm³/mol. The number of nitrogens with one attached hydrogen (secondary N) is 1. The molecule has 0 spiro atoms. The van der Waals surface area contributed by atoms with E-state index < -0.39 is 5.41 Å². The Morgan fingerprint density at radius 3 is 3.08 bits per heavy atom. The summed E-state index contributed by atoms with van der Waals surface area (Å²) < 4.78 is 0. The van der Waals surface area contributed by atoms with Gasteiger partial charge in [-0.25, -0.2) is 0 Å². The number of hydrogen-bond acceptors (Lipinski definition) is 2. The van der Waals surface area contributed by atoms with E-state index in [1.54, 1.807) is 6.08 Å². The van der Waals surface area contributed by atoms with Gasteiger partial charge < -0.3 is 5.32 Å². The highest BCUT2D eigenvalue weighted by atomic mass is 16.2. The Morgan fingerprint density at radius 2 is 2.62 bits per heavy atom. The van der Waals surface area contributed by atoms with Gasteiger partial charge in [0.05, 0.1) is 5.41 Å². The summed E-state index contributed by atoms with van der Waals surface area (Å²) >= 11 is 0. The molecule has 5 nitrogen and oxygen atoms in total. The summed E-state index contributed by atoms with van der Waals surface area (Å²) in [7, 11) is 0. The molecule has 0 bridgehead atoms. The monoisotopic (exact) mass is 180 g/mol. The first-order chi connectivity index (χ1) is 6.25. The van der Waals surface area contributed by atoms with Gasteiger partial charge in [-0.1, -0.05) is 11.2 Å². The number of carbonyl (C=O) groups is 1. The van der Waals surface area contributed by atoms with Crippen LogP contribution in [0.1, 0.15) is 12.8 Å². The lowest BCUT2D eigenvalue weighted by atomic mass is 9.83. The van der Waals surface area contributed by atoms with Crippen molar-refractivity contribution in [2.75, 3.05) is 13.1 Å². The zero-order chi connectivity index (χ0) is 9.73. The van der Waals surface area contributed by atoms with Crippen LogP contribution in [-0.2, 0) is 4.79 Å². The van der Waals surface area contributed by atoms with E-state index in [9.17, 15) is 4.79 Å². The van der Waals surface area contributed by atoms with Crippen LogP contribution >= 0.6 is 0 Å². The maximum Gasteiger partial charge on any atom is 0.226 e. The smallest absolute Gasteiger partial charge is 0.226 e. The molecule has 1 aliphatic heterocycles. The molecular weight excluding hydrogens is 168 g/mol. The minimum absolute atomic E-state index is 0.0280. The second-order valence-electron chi connectivity index (χ2n) is 3.17. The van der Waals surface area contributed by atoms with Crippen LogP contribution in [0.2, 0.25) is 0 Å². The first kappa shape index (κ1) is 9.61. The van der Waals surface area contributed by atoms with Gasteiger partial charge >= 0.3 is 0 Å². The summed E-state index contributed by atoms with van der Waals surface area (Å²) in [5.41, 5.74) is 7.66. The highest BCUT2D eigenvalue weighted by Crippen LogP contribution is 2.31. The molecule has 0 unspecified atom stereocenters. The van der Waals surface area contributed by atoms with Gasteiger partial charge in [0.1, 0.15) is 0 Å². The summed E-state index contributed by atoms with van der Waals surface area (Å²) in [5, 5.41) is 6.20. The summed E-state index contributed by atoms with van der Waals surface area (Å²) in [6.07, 6.45) is 2.98. The van der Waals surface area contributed by atoms with Crippen LogP contribution < -0.4 is 5.32 Å². The molecule has 0 aromatic heterocycles. The number of azide groups is 1. The maximum atomic E-state index is 11.4. The average Bonchev–Trinajstić information content (AvgIpc) is 2.46. The third-order valence-electron chi connectivity index (χ3n) is 2.34. The van der Waals surface area contributed by atoms with Crippen molar-refractivity contribution in [2.45, 2.75) is 12.8 Å². The number of rotatable bonds is 4. The molecule has 1 saturated heterocycles. The van der Waals surface area contributed by atoms with E-state index in [1.165, 1.54) is 0 Å². The van der Waals surface area contributed by atoms with E-state index in [1.807, 2.05) is 0 Å². The quantitative estimate of drug-likeness (QED) is 0.301. The number of hydrogen-bond donors (Lipinski definition) is 1. The van der Waals surface area contributed by atoms with Crippen LogP contribution in [0.15, 0.2) is 17.8 Å². The molecule has 0 aromatic rings. The van der Waals surface area contributed by atoms with Crippen LogP contribution in [0.4, 0.5) is 0 Å². The third kappa shape index (κ3) is 1.81. The molecule has 13 heavy (non-hydrogen) atoms. The zero-order valence-corrected chi connectivity index (χ0v) is 7.36. The lowest BCUT2D eigenvalue weighted by molar-refractivity contribution is -0.127. The second kappa shape index (κ2) is 3.96. The fourth-order valence-electron chi connectivity index (χ4n) is 1.57. The molecule has 5 heteroatoms.